The molecule has 0 spiro atoms. The summed E-state index contributed by atoms with van der Waals surface area (Å²) < 4.78 is 0. The summed E-state index contributed by atoms with van der Waals surface area (Å²) in [4.78, 5) is 16.4. The smallest absolute Gasteiger partial charge is 0.168 e. The first-order valence-electron chi connectivity index (χ1n) is 5.78. The number of aromatic nitrogens is 1. The van der Waals surface area contributed by atoms with E-state index in [-0.39, 0.29) is 5.78 Å². The molecule has 0 bridgehead atoms. The van der Waals surface area contributed by atoms with Crippen LogP contribution in [-0.2, 0) is 6.42 Å². The summed E-state index contributed by atoms with van der Waals surface area (Å²) in [6.07, 6.45) is 2.04. The zero-order valence-corrected chi connectivity index (χ0v) is 11.2. The van der Waals surface area contributed by atoms with Gasteiger partial charge in [-0.25, -0.2) is 0 Å². The number of hydrogen-bond donors (Lipinski definition) is 0. The summed E-state index contributed by atoms with van der Waals surface area (Å²) in [6, 6.07) is 9.17. The van der Waals surface area contributed by atoms with Gasteiger partial charge in [-0.3, -0.25) is 9.78 Å². The normalized spacial score (nSPS) is 10.4. The molecule has 1 aromatic carbocycles. The fourth-order valence-electron chi connectivity index (χ4n) is 1.78. The van der Waals surface area contributed by atoms with Crippen molar-refractivity contribution in [2.24, 2.45) is 0 Å². The molecule has 0 N–H and O–H groups in total. The van der Waals surface area contributed by atoms with E-state index in [2.05, 4.69) is 4.98 Å². The largest absolute Gasteiger partial charge is 0.294 e. The first kappa shape index (κ1) is 12.8. The number of pyridine rings is 1. The van der Waals surface area contributed by atoms with Crippen molar-refractivity contribution in [3.63, 3.8) is 0 Å². The lowest BCUT2D eigenvalue weighted by atomic mass is 10.0. The van der Waals surface area contributed by atoms with Gasteiger partial charge >= 0.3 is 0 Å². The summed E-state index contributed by atoms with van der Waals surface area (Å²) >= 11 is 5.95. The molecule has 0 atom stereocenters. The van der Waals surface area contributed by atoms with E-state index in [0.717, 1.165) is 16.8 Å². The molecule has 0 fully saturated rings. The molecule has 0 amide bonds. The van der Waals surface area contributed by atoms with Crippen molar-refractivity contribution < 1.29 is 4.79 Å². The zero-order valence-electron chi connectivity index (χ0n) is 10.4. The highest BCUT2D eigenvalue weighted by Crippen LogP contribution is 2.17. The van der Waals surface area contributed by atoms with Crippen LogP contribution in [0.2, 0.25) is 5.02 Å². The van der Waals surface area contributed by atoms with Crippen molar-refractivity contribution in [3.8, 4) is 0 Å². The van der Waals surface area contributed by atoms with E-state index in [1.165, 1.54) is 0 Å². The van der Waals surface area contributed by atoms with Crippen molar-refractivity contribution >= 4 is 17.4 Å². The average Bonchev–Trinajstić information content (AvgIpc) is 2.35. The summed E-state index contributed by atoms with van der Waals surface area (Å²) in [6.45, 7) is 3.86. The van der Waals surface area contributed by atoms with Crippen LogP contribution < -0.4 is 0 Å². The predicted octanol–water partition coefficient (Wildman–Crippen LogP) is 3.78. The molecule has 0 aliphatic rings. The van der Waals surface area contributed by atoms with E-state index in [4.69, 9.17) is 11.6 Å². The minimum absolute atomic E-state index is 0.0663. The van der Waals surface area contributed by atoms with E-state index in [1.807, 2.05) is 32.0 Å². The number of carbonyl (C=O) groups excluding carboxylic acids is 1. The quantitative estimate of drug-likeness (QED) is 0.786. The third-order valence-corrected chi connectivity index (χ3v) is 3.35. The number of Topliss-reactive ketones (excluding diaryl/α,β-unsaturated/α-hetero) is 1. The Labute approximate surface area is 112 Å². The monoisotopic (exact) mass is 259 g/mol. The highest BCUT2D eigenvalue weighted by molar-refractivity contribution is 6.31. The maximum Gasteiger partial charge on any atom is 0.168 e. The molecule has 1 heterocycles. The predicted molar refractivity (Wildman–Crippen MR) is 73.2 cm³/mol. The summed E-state index contributed by atoms with van der Waals surface area (Å²) in [7, 11) is 0. The number of ketones is 1. The van der Waals surface area contributed by atoms with Crippen LogP contribution in [0.5, 0.6) is 0 Å². The lowest BCUT2D eigenvalue weighted by Gasteiger charge is -2.05. The Morgan fingerprint density at radius 1 is 1.22 bits per heavy atom. The summed E-state index contributed by atoms with van der Waals surface area (Å²) in [5.74, 6) is 0.0663. The summed E-state index contributed by atoms with van der Waals surface area (Å²) in [5.41, 5.74) is 3.47. The van der Waals surface area contributed by atoms with Crippen molar-refractivity contribution in [2.45, 2.75) is 20.3 Å². The van der Waals surface area contributed by atoms with Crippen molar-refractivity contribution in [1.82, 2.24) is 4.98 Å². The topological polar surface area (TPSA) is 30.0 Å². The van der Waals surface area contributed by atoms with Gasteiger partial charge in [0, 0.05) is 16.8 Å². The van der Waals surface area contributed by atoms with E-state index in [9.17, 15) is 4.79 Å². The second-order valence-corrected chi connectivity index (χ2v) is 4.74. The van der Waals surface area contributed by atoms with Crippen LogP contribution in [0.1, 0.15) is 27.2 Å². The minimum Gasteiger partial charge on any atom is -0.294 e. The molecule has 0 aliphatic carbocycles. The number of hydrogen-bond acceptors (Lipinski definition) is 2. The van der Waals surface area contributed by atoms with Crippen LogP contribution in [0.3, 0.4) is 0 Å². The molecule has 2 nitrogen and oxygen atoms in total. The second-order valence-electron chi connectivity index (χ2n) is 4.33. The van der Waals surface area contributed by atoms with Gasteiger partial charge in [0.15, 0.2) is 5.78 Å². The van der Waals surface area contributed by atoms with Gasteiger partial charge in [-0.1, -0.05) is 17.7 Å². The van der Waals surface area contributed by atoms with Gasteiger partial charge in [0.05, 0.1) is 12.1 Å². The fourth-order valence-corrected chi connectivity index (χ4v) is 1.89. The van der Waals surface area contributed by atoms with Gasteiger partial charge in [-0.2, -0.15) is 0 Å². The van der Waals surface area contributed by atoms with Crippen LogP contribution >= 0.6 is 11.6 Å². The SMILES string of the molecule is Cc1cc(C(=O)Cc2ncccc2C)ccc1Cl. The average molecular weight is 260 g/mol. The lowest BCUT2D eigenvalue weighted by molar-refractivity contribution is 0.0991. The molecule has 0 radical (unpaired) electrons. The molecule has 18 heavy (non-hydrogen) atoms. The van der Waals surface area contributed by atoms with Gasteiger partial charge in [0.25, 0.3) is 0 Å². The molecule has 2 aromatic rings. The van der Waals surface area contributed by atoms with Gasteiger partial charge in [0.2, 0.25) is 0 Å². The Hall–Kier alpha value is -1.67. The molecule has 2 rings (SSSR count). The standard InChI is InChI=1S/C15H14ClNO/c1-10-4-3-7-17-14(10)9-15(18)12-5-6-13(16)11(2)8-12/h3-8H,9H2,1-2H3. The van der Waals surface area contributed by atoms with E-state index >= 15 is 0 Å². The number of rotatable bonds is 3. The van der Waals surface area contributed by atoms with Gasteiger partial charge in [0.1, 0.15) is 0 Å². The van der Waals surface area contributed by atoms with E-state index in [1.54, 1.807) is 18.3 Å². The van der Waals surface area contributed by atoms with Crippen molar-refractivity contribution in [3.05, 3.63) is 63.9 Å². The zero-order chi connectivity index (χ0) is 13.1. The number of halogens is 1. The molecular weight excluding hydrogens is 246 g/mol. The summed E-state index contributed by atoms with van der Waals surface area (Å²) in [5, 5.41) is 0.681. The Morgan fingerprint density at radius 3 is 2.67 bits per heavy atom. The van der Waals surface area contributed by atoms with E-state index < -0.39 is 0 Å². The Balaban J connectivity index is 2.22. The Bertz CT molecular complexity index is 593. The number of benzene rings is 1. The maximum atomic E-state index is 12.1. The van der Waals surface area contributed by atoms with Crippen molar-refractivity contribution in [1.29, 1.82) is 0 Å². The third-order valence-electron chi connectivity index (χ3n) is 2.93. The van der Waals surface area contributed by atoms with Crippen LogP contribution in [0, 0.1) is 13.8 Å². The van der Waals surface area contributed by atoms with Crippen LogP contribution in [0.25, 0.3) is 0 Å². The molecule has 0 saturated carbocycles. The first-order chi connectivity index (χ1) is 8.58. The van der Waals surface area contributed by atoms with Gasteiger partial charge in [-0.05, 0) is 49.2 Å². The Kier molecular flexibility index (Phi) is 3.78. The molecule has 0 saturated heterocycles. The Morgan fingerprint density at radius 2 is 2.00 bits per heavy atom. The lowest BCUT2D eigenvalue weighted by Crippen LogP contribution is -2.06. The highest BCUT2D eigenvalue weighted by atomic mass is 35.5. The third kappa shape index (κ3) is 2.77. The maximum absolute atomic E-state index is 12.1. The molecule has 3 heteroatoms. The second kappa shape index (κ2) is 5.32. The number of carbonyl (C=O) groups is 1. The van der Waals surface area contributed by atoms with E-state index in [0.29, 0.717) is 17.0 Å². The first-order valence-corrected chi connectivity index (χ1v) is 6.15. The molecule has 92 valence electrons. The molecule has 0 aliphatic heterocycles. The molecule has 0 unspecified atom stereocenters. The van der Waals surface area contributed by atoms with Crippen LogP contribution in [0.4, 0.5) is 0 Å². The van der Waals surface area contributed by atoms with Crippen LogP contribution in [0.15, 0.2) is 36.5 Å². The van der Waals surface area contributed by atoms with Crippen molar-refractivity contribution in [2.75, 3.05) is 0 Å². The molecular formula is C15H14ClNO. The fraction of sp³-hybridized carbons (Fsp3) is 0.200. The number of nitrogens with zero attached hydrogens (tertiary/aromatic N) is 1. The van der Waals surface area contributed by atoms with Crippen LogP contribution in [-0.4, -0.2) is 10.8 Å². The van der Waals surface area contributed by atoms with Gasteiger partial charge in [-0.15, -0.1) is 0 Å². The van der Waals surface area contributed by atoms with Gasteiger partial charge < -0.3 is 0 Å². The minimum atomic E-state index is 0.0663. The molecule has 1 aromatic heterocycles. The highest BCUT2D eigenvalue weighted by Gasteiger charge is 2.10. The number of aryl methyl sites for hydroxylation is 2.